The quantitative estimate of drug-likeness (QED) is 0.676. The second kappa shape index (κ2) is 10.4. The van der Waals surface area contributed by atoms with E-state index in [1.54, 1.807) is 32.6 Å². The first-order valence-electron chi connectivity index (χ1n) is 11.1. The number of rotatable bonds is 6. The Balaban J connectivity index is 3.45. The molecule has 0 aromatic heterocycles. The highest BCUT2D eigenvalue weighted by Gasteiger charge is 2.41. The van der Waals surface area contributed by atoms with Crippen molar-refractivity contribution in [3.63, 3.8) is 0 Å². The van der Waals surface area contributed by atoms with Crippen LogP contribution in [0.25, 0.3) is 0 Å². The van der Waals surface area contributed by atoms with Crippen LogP contribution < -0.4 is 10.6 Å². The van der Waals surface area contributed by atoms with Crippen molar-refractivity contribution in [1.82, 2.24) is 15.5 Å². The van der Waals surface area contributed by atoms with Crippen molar-refractivity contribution in [1.29, 1.82) is 0 Å². The van der Waals surface area contributed by atoms with Gasteiger partial charge < -0.3 is 20.3 Å². The standard InChI is InChI=1S/C25H41N3O4/c1-15(2)26-21(29)20(19-13-16(3)12-17(4)14-19)28(24(6,7)8)22(30)18(5)27-23(31)32-25(9,10)11/h12-15,18,20H,1-11H3,(H,26,29)(H,27,31). The summed E-state index contributed by atoms with van der Waals surface area (Å²) in [4.78, 5) is 40.9. The second-order valence-electron chi connectivity index (χ2n) is 10.7. The number of carbonyl (C=O) groups excluding carboxylic acids is 3. The lowest BCUT2D eigenvalue weighted by Gasteiger charge is -2.43. The molecule has 0 bridgehead atoms. The minimum absolute atomic E-state index is 0.0925. The number of carbonyl (C=O) groups is 3. The third kappa shape index (κ3) is 8.17. The van der Waals surface area contributed by atoms with Crippen molar-refractivity contribution in [3.8, 4) is 0 Å². The molecule has 1 aromatic rings. The number of ether oxygens (including phenoxy) is 1. The summed E-state index contributed by atoms with van der Waals surface area (Å²) in [7, 11) is 0. The van der Waals surface area contributed by atoms with Gasteiger partial charge in [-0.15, -0.1) is 0 Å². The maximum atomic E-state index is 13.6. The summed E-state index contributed by atoms with van der Waals surface area (Å²) in [6.07, 6.45) is -0.679. The van der Waals surface area contributed by atoms with Crippen LogP contribution in [0, 0.1) is 13.8 Å². The first kappa shape index (κ1) is 27.5. The largest absolute Gasteiger partial charge is 0.444 e. The van der Waals surface area contributed by atoms with E-state index in [2.05, 4.69) is 10.6 Å². The molecule has 7 heteroatoms. The molecule has 2 atom stereocenters. The molecular weight excluding hydrogens is 406 g/mol. The normalized spacial score (nSPS) is 13.9. The molecule has 2 unspecified atom stereocenters. The van der Waals surface area contributed by atoms with Crippen LogP contribution in [0.4, 0.5) is 4.79 Å². The van der Waals surface area contributed by atoms with E-state index in [9.17, 15) is 14.4 Å². The summed E-state index contributed by atoms with van der Waals surface area (Å²) in [6.45, 7) is 20.2. The topological polar surface area (TPSA) is 87.7 Å². The van der Waals surface area contributed by atoms with Gasteiger partial charge in [0.15, 0.2) is 0 Å². The molecule has 1 rings (SSSR count). The van der Waals surface area contributed by atoms with Crippen molar-refractivity contribution in [2.24, 2.45) is 0 Å². The van der Waals surface area contributed by atoms with Crippen LogP contribution in [-0.2, 0) is 14.3 Å². The average molecular weight is 448 g/mol. The van der Waals surface area contributed by atoms with Crippen LogP contribution in [-0.4, -0.2) is 46.0 Å². The number of nitrogens with zero attached hydrogens (tertiary/aromatic N) is 1. The Labute approximate surface area is 193 Å². The zero-order chi connectivity index (χ0) is 25.0. The van der Waals surface area contributed by atoms with Crippen LogP contribution in [0.5, 0.6) is 0 Å². The van der Waals surface area contributed by atoms with Gasteiger partial charge in [0.05, 0.1) is 0 Å². The fourth-order valence-electron chi connectivity index (χ4n) is 3.55. The monoisotopic (exact) mass is 447 g/mol. The van der Waals surface area contributed by atoms with E-state index in [0.717, 1.165) is 16.7 Å². The molecule has 0 aliphatic heterocycles. The Hall–Kier alpha value is -2.57. The van der Waals surface area contributed by atoms with Crippen molar-refractivity contribution < 1.29 is 19.1 Å². The number of hydrogen-bond donors (Lipinski definition) is 2. The van der Waals surface area contributed by atoms with Gasteiger partial charge in [0.25, 0.3) is 0 Å². The van der Waals surface area contributed by atoms with Gasteiger partial charge in [-0.25, -0.2) is 4.79 Å². The summed E-state index contributed by atoms with van der Waals surface area (Å²) in [5.74, 6) is -0.635. The Kier molecular flexibility index (Phi) is 8.90. The van der Waals surface area contributed by atoms with Crippen molar-refractivity contribution in [2.75, 3.05) is 0 Å². The second-order valence-corrected chi connectivity index (χ2v) is 10.7. The predicted octanol–water partition coefficient (Wildman–Crippen LogP) is 4.41. The van der Waals surface area contributed by atoms with E-state index >= 15 is 0 Å². The van der Waals surface area contributed by atoms with Crippen LogP contribution in [0.15, 0.2) is 18.2 Å². The van der Waals surface area contributed by atoms with Gasteiger partial charge in [0, 0.05) is 11.6 Å². The SMILES string of the molecule is Cc1cc(C)cc(C(C(=O)NC(C)C)N(C(=O)C(C)NC(=O)OC(C)(C)C)C(C)(C)C)c1. The number of aryl methyl sites for hydroxylation is 2. The highest BCUT2D eigenvalue weighted by Crippen LogP contribution is 2.31. The van der Waals surface area contributed by atoms with Gasteiger partial charge in [-0.05, 0) is 81.7 Å². The Bertz CT molecular complexity index is 814. The molecule has 32 heavy (non-hydrogen) atoms. The number of nitrogens with one attached hydrogen (secondary N) is 2. The molecule has 1 aromatic carbocycles. The third-order valence-electron chi connectivity index (χ3n) is 4.56. The molecule has 0 fully saturated rings. The van der Waals surface area contributed by atoms with Gasteiger partial charge in [-0.2, -0.15) is 0 Å². The molecular formula is C25H41N3O4. The number of amides is 3. The highest BCUT2D eigenvalue weighted by molar-refractivity contribution is 5.92. The van der Waals surface area contributed by atoms with Gasteiger partial charge in [0.2, 0.25) is 11.8 Å². The molecule has 3 amide bonds. The third-order valence-corrected chi connectivity index (χ3v) is 4.56. The van der Waals surface area contributed by atoms with Gasteiger partial charge in [-0.3, -0.25) is 9.59 Å². The lowest BCUT2D eigenvalue weighted by atomic mass is 9.93. The number of hydrogen-bond acceptors (Lipinski definition) is 4. The van der Waals surface area contributed by atoms with Gasteiger partial charge in [0.1, 0.15) is 17.7 Å². The highest BCUT2D eigenvalue weighted by atomic mass is 16.6. The van der Waals surface area contributed by atoms with Crippen molar-refractivity contribution in [2.45, 2.75) is 105 Å². The van der Waals surface area contributed by atoms with Crippen LogP contribution >= 0.6 is 0 Å². The van der Waals surface area contributed by atoms with E-state index < -0.39 is 29.3 Å². The fraction of sp³-hybridized carbons (Fsp3) is 0.640. The first-order valence-corrected chi connectivity index (χ1v) is 11.1. The van der Waals surface area contributed by atoms with Crippen molar-refractivity contribution >= 4 is 17.9 Å². The first-order chi connectivity index (χ1) is 14.4. The Morgan fingerprint density at radius 3 is 1.78 bits per heavy atom. The lowest BCUT2D eigenvalue weighted by molar-refractivity contribution is -0.148. The molecule has 0 spiro atoms. The Morgan fingerprint density at radius 1 is 0.875 bits per heavy atom. The lowest BCUT2D eigenvalue weighted by Crippen LogP contribution is -2.58. The molecule has 0 aliphatic carbocycles. The summed E-state index contributed by atoms with van der Waals surface area (Å²) >= 11 is 0. The summed E-state index contributed by atoms with van der Waals surface area (Å²) in [5, 5.41) is 5.57. The molecule has 180 valence electrons. The molecule has 0 aliphatic rings. The van der Waals surface area contributed by atoms with Crippen LogP contribution in [0.2, 0.25) is 0 Å². The van der Waals surface area contributed by atoms with Gasteiger partial charge in [-0.1, -0.05) is 29.3 Å². The minimum Gasteiger partial charge on any atom is -0.444 e. The zero-order valence-corrected chi connectivity index (χ0v) is 21.5. The maximum absolute atomic E-state index is 13.6. The van der Waals surface area contributed by atoms with E-state index in [4.69, 9.17) is 4.74 Å². The summed E-state index contributed by atoms with van der Waals surface area (Å²) in [6, 6.07) is 4.04. The minimum atomic E-state index is -0.885. The fourth-order valence-corrected chi connectivity index (χ4v) is 3.55. The Morgan fingerprint density at radius 2 is 1.38 bits per heavy atom. The number of benzene rings is 1. The molecule has 0 saturated heterocycles. The van der Waals surface area contributed by atoms with E-state index in [-0.39, 0.29) is 17.9 Å². The van der Waals surface area contributed by atoms with Crippen LogP contribution in [0.3, 0.4) is 0 Å². The molecule has 0 heterocycles. The smallest absolute Gasteiger partial charge is 0.408 e. The molecule has 2 N–H and O–H groups in total. The maximum Gasteiger partial charge on any atom is 0.408 e. The average Bonchev–Trinajstić information content (AvgIpc) is 2.54. The van der Waals surface area contributed by atoms with Gasteiger partial charge >= 0.3 is 6.09 Å². The number of alkyl carbamates (subject to hydrolysis) is 1. The molecule has 7 nitrogen and oxygen atoms in total. The van der Waals surface area contributed by atoms with E-state index in [1.807, 2.05) is 66.7 Å². The zero-order valence-electron chi connectivity index (χ0n) is 21.5. The predicted molar refractivity (Wildman–Crippen MR) is 127 cm³/mol. The molecule has 0 radical (unpaired) electrons. The molecule has 0 saturated carbocycles. The van der Waals surface area contributed by atoms with E-state index in [1.165, 1.54) is 0 Å². The van der Waals surface area contributed by atoms with E-state index in [0.29, 0.717) is 0 Å². The van der Waals surface area contributed by atoms with Crippen LogP contribution in [0.1, 0.15) is 85.0 Å². The summed E-state index contributed by atoms with van der Waals surface area (Å²) in [5.41, 5.74) is 1.35. The van der Waals surface area contributed by atoms with Crippen molar-refractivity contribution in [3.05, 3.63) is 34.9 Å². The summed E-state index contributed by atoms with van der Waals surface area (Å²) < 4.78 is 5.30.